The number of hydrogen-bond acceptors (Lipinski definition) is 3. The molecule has 0 unspecified atom stereocenters. The van der Waals surface area contributed by atoms with Crippen LogP contribution in [0.25, 0.3) is 11.3 Å². The average molecular weight is 336 g/mol. The van der Waals surface area contributed by atoms with Crippen molar-refractivity contribution in [3.8, 4) is 11.3 Å². The number of hydrogen-bond donors (Lipinski definition) is 2. The molecule has 0 aliphatic heterocycles. The van der Waals surface area contributed by atoms with Gasteiger partial charge in [0.15, 0.2) is 5.69 Å². The highest BCUT2D eigenvalue weighted by atomic mass is 16.1. The molecule has 0 amide bonds. The molecule has 1 aromatic heterocycles. The molecule has 6 heteroatoms. The SMILES string of the molecule is Cc1ccccc1-c1[nH][nH]c(=O)c1N=Nc1cccc([N+](C)(C)C)c1. The molecule has 3 rings (SSSR count). The second-order valence-corrected chi connectivity index (χ2v) is 6.85. The molecule has 3 aromatic rings. The Balaban J connectivity index is 2.00. The summed E-state index contributed by atoms with van der Waals surface area (Å²) in [6.45, 7) is 1.99. The highest BCUT2D eigenvalue weighted by molar-refractivity contribution is 5.73. The first kappa shape index (κ1) is 16.9. The Morgan fingerprint density at radius 1 is 0.920 bits per heavy atom. The van der Waals surface area contributed by atoms with E-state index >= 15 is 0 Å². The van der Waals surface area contributed by atoms with Crippen LogP contribution in [0, 0.1) is 6.92 Å². The molecule has 25 heavy (non-hydrogen) atoms. The maximum atomic E-state index is 12.1. The fraction of sp³-hybridized carbons (Fsp3) is 0.211. The number of aromatic amines is 2. The Morgan fingerprint density at radius 2 is 1.68 bits per heavy atom. The molecule has 0 saturated carbocycles. The van der Waals surface area contributed by atoms with Crippen LogP contribution in [-0.4, -0.2) is 31.3 Å². The molecule has 128 valence electrons. The predicted octanol–water partition coefficient (Wildman–Crippen LogP) is 4.29. The molecule has 0 aliphatic carbocycles. The molecule has 1 heterocycles. The van der Waals surface area contributed by atoms with Gasteiger partial charge in [0.2, 0.25) is 0 Å². The topological polar surface area (TPSA) is 73.4 Å². The van der Waals surface area contributed by atoms with E-state index in [1.165, 1.54) is 0 Å². The number of nitrogens with zero attached hydrogens (tertiary/aromatic N) is 3. The highest BCUT2D eigenvalue weighted by Crippen LogP contribution is 2.29. The summed E-state index contributed by atoms with van der Waals surface area (Å²) >= 11 is 0. The number of nitrogens with one attached hydrogen (secondary N) is 2. The maximum Gasteiger partial charge on any atom is 0.292 e. The molecule has 2 aromatic carbocycles. The third-order valence-electron chi connectivity index (χ3n) is 4.04. The van der Waals surface area contributed by atoms with Gasteiger partial charge in [0, 0.05) is 11.6 Å². The highest BCUT2D eigenvalue weighted by Gasteiger charge is 2.14. The second kappa shape index (κ2) is 6.49. The molecule has 0 aliphatic rings. The molecule has 0 bridgehead atoms. The molecule has 0 fully saturated rings. The fourth-order valence-corrected chi connectivity index (χ4v) is 2.58. The third-order valence-corrected chi connectivity index (χ3v) is 4.04. The Kier molecular flexibility index (Phi) is 4.37. The van der Waals surface area contributed by atoms with Crippen molar-refractivity contribution >= 4 is 17.1 Å². The molecule has 0 saturated heterocycles. The smallest absolute Gasteiger partial charge is 0.292 e. The van der Waals surface area contributed by atoms with Crippen LogP contribution in [0.15, 0.2) is 63.6 Å². The number of aryl methyl sites for hydroxylation is 1. The summed E-state index contributed by atoms with van der Waals surface area (Å²) in [6, 6.07) is 15.7. The standard InChI is InChI=1S/C19H21N5O/c1-13-8-5-6-11-16(13)17-18(19(25)23-21-17)22-20-14-9-7-10-15(12-14)24(2,3)4/h5-12H,1-4H3,(H-,20,21,22,23,25)/p+1. The number of aromatic nitrogens is 2. The first-order valence-corrected chi connectivity index (χ1v) is 8.07. The first-order valence-electron chi connectivity index (χ1n) is 8.07. The lowest BCUT2D eigenvalue weighted by Gasteiger charge is -2.23. The zero-order valence-corrected chi connectivity index (χ0v) is 14.9. The summed E-state index contributed by atoms with van der Waals surface area (Å²) in [4.78, 5) is 12.1. The summed E-state index contributed by atoms with van der Waals surface area (Å²) in [5.41, 5.74) is 4.45. The summed E-state index contributed by atoms with van der Waals surface area (Å²) < 4.78 is 0.683. The van der Waals surface area contributed by atoms with Crippen molar-refractivity contribution in [2.24, 2.45) is 10.2 Å². The Hall–Kier alpha value is -2.99. The summed E-state index contributed by atoms with van der Waals surface area (Å²) in [5, 5.41) is 14.0. The molecule has 0 atom stereocenters. The monoisotopic (exact) mass is 336 g/mol. The van der Waals surface area contributed by atoms with Crippen molar-refractivity contribution in [3.63, 3.8) is 0 Å². The van der Waals surface area contributed by atoms with E-state index in [1.807, 2.05) is 55.5 Å². The van der Waals surface area contributed by atoms with Gasteiger partial charge in [0.1, 0.15) is 5.69 Å². The number of benzene rings is 2. The van der Waals surface area contributed by atoms with Gasteiger partial charge < -0.3 is 0 Å². The molecule has 2 N–H and O–H groups in total. The van der Waals surface area contributed by atoms with Crippen molar-refractivity contribution in [2.75, 3.05) is 21.1 Å². The lowest BCUT2D eigenvalue weighted by atomic mass is 10.1. The van der Waals surface area contributed by atoms with E-state index in [9.17, 15) is 4.79 Å². The number of H-pyrrole nitrogens is 2. The van der Waals surface area contributed by atoms with Crippen molar-refractivity contribution in [3.05, 3.63) is 64.4 Å². The van der Waals surface area contributed by atoms with E-state index in [1.54, 1.807) is 0 Å². The maximum absolute atomic E-state index is 12.1. The average Bonchev–Trinajstić information content (AvgIpc) is 2.93. The van der Waals surface area contributed by atoms with Gasteiger partial charge in [-0.05, 0) is 24.6 Å². The predicted molar refractivity (Wildman–Crippen MR) is 102 cm³/mol. The van der Waals surface area contributed by atoms with Crippen LogP contribution in [0.5, 0.6) is 0 Å². The van der Waals surface area contributed by atoms with E-state index in [0.717, 1.165) is 16.8 Å². The largest absolute Gasteiger partial charge is 0.298 e. The lowest BCUT2D eigenvalue weighted by molar-refractivity contribution is 0.486. The Morgan fingerprint density at radius 3 is 2.40 bits per heavy atom. The van der Waals surface area contributed by atoms with Gasteiger partial charge >= 0.3 is 0 Å². The summed E-state index contributed by atoms with van der Waals surface area (Å²) in [7, 11) is 6.26. The summed E-state index contributed by atoms with van der Waals surface area (Å²) in [6.07, 6.45) is 0. The molecule has 0 spiro atoms. The van der Waals surface area contributed by atoms with E-state index in [4.69, 9.17) is 0 Å². The molecular weight excluding hydrogens is 314 g/mol. The lowest BCUT2D eigenvalue weighted by Crippen LogP contribution is -2.34. The van der Waals surface area contributed by atoms with Gasteiger partial charge in [-0.15, -0.1) is 5.11 Å². The van der Waals surface area contributed by atoms with Crippen molar-refractivity contribution in [2.45, 2.75) is 6.92 Å². The summed E-state index contributed by atoms with van der Waals surface area (Å²) in [5.74, 6) is 0. The zero-order chi connectivity index (χ0) is 18.0. The Labute approximate surface area is 146 Å². The quantitative estimate of drug-likeness (QED) is 0.541. The van der Waals surface area contributed by atoms with E-state index < -0.39 is 0 Å². The minimum atomic E-state index is -0.287. The van der Waals surface area contributed by atoms with E-state index in [0.29, 0.717) is 15.9 Å². The van der Waals surface area contributed by atoms with Gasteiger partial charge in [-0.25, -0.2) is 0 Å². The molecular formula is C19H22N5O+. The van der Waals surface area contributed by atoms with Crippen LogP contribution in [0.1, 0.15) is 5.56 Å². The van der Waals surface area contributed by atoms with E-state index in [2.05, 4.69) is 41.6 Å². The third kappa shape index (κ3) is 3.59. The van der Waals surface area contributed by atoms with Gasteiger partial charge in [0.25, 0.3) is 5.56 Å². The van der Waals surface area contributed by atoms with Crippen LogP contribution in [-0.2, 0) is 0 Å². The van der Waals surface area contributed by atoms with Crippen LogP contribution in [0.4, 0.5) is 17.1 Å². The fourth-order valence-electron chi connectivity index (χ4n) is 2.58. The van der Waals surface area contributed by atoms with Crippen LogP contribution < -0.4 is 10.0 Å². The number of azo groups is 1. The van der Waals surface area contributed by atoms with Crippen molar-refractivity contribution < 1.29 is 0 Å². The molecule has 0 radical (unpaired) electrons. The number of rotatable bonds is 4. The normalized spacial score (nSPS) is 12.0. The van der Waals surface area contributed by atoms with Gasteiger partial charge in [-0.3, -0.25) is 19.5 Å². The molecule has 6 nitrogen and oxygen atoms in total. The van der Waals surface area contributed by atoms with Gasteiger partial charge in [-0.1, -0.05) is 30.3 Å². The second-order valence-electron chi connectivity index (χ2n) is 6.85. The van der Waals surface area contributed by atoms with E-state index in [-0.39, 0.29) is 11.2 Å². The van der Waals surface area contributed by atoms with Crippen molar-refractivity contribution in [1.82, 2.24) is 14.7 Å². The Bertz CT molecular complexity index is 976. The van der Waals surface area contributed by atoms with Gasteiger partial charge in [0.05, 0.1) is 32.5 Å². The van der Waals surface area contributed by atoms with Crippen LogP contribution in [0.2, 0.25) is 0 Å². The van der Waals surface area contributed by atoms with Crippen molar-refractivity contribution in [1.29, 1.82) is 0 Å². The first-order chi connectivity index (χ1) is 11.9. The van der Waals surface area contributed by atoms with Gasteiger partial charge in [-0.2, -0.15) is 5.11 Å². The minimum Gasteiger partial charge on any atom is -0.298 e. The number of quaternary nitrogens is 1. The van der Waals surface area contributed by atoms with Crippen LogP contribution >= 0.6 is 0 Å². The van der Waals surface area contributed by atoms with Crippen LogP contribution in [0.3, 0.4) is 0 Å². The zero-order valence-electron chi connectivity index (χ0n) is 14.9. The minimum absolute atomic E-state index is 0.282.